The molecule has 0 radical (unpaired) electrons. The number of amides is 2. The van der Waals surface area contributed by atoms with Gasteiger partial charge in [-0.05, 0) is 68.9 Å². The number of nitrogens with zero attached hydrogens (tertiary/aromatic N) is 2. The topological polar surface area (TPSA) is 83.6 Å². The van der Waals surface area contributed by atoms with E-state index in [-0.39, 0.29) is 29.7 Å². The predicted molar refractivity (Wildman–Crippen MR) is 132 cm³/mol. The Kier molecular flexibility index (Phi) is 8.18. The van der Waals surface area contributed by atoms with Crippen LogP contribution in [-0.2, 0) is 21.3 Å². The molecule has 1 atom stereocenters. The first-order valence-electron chi connectivity index (χ1n) is 12.6. The Bertz CT molecular complexity index is 1100. The summed E-state index contributed by atoms with van der Waals surface area (Å²) >= 11 is 0. The Labute approximate surface area is 214 Å². The summed E-state index contributed by atoms with van der Waals surface area (Å²) < 4.78 is 44.6. The van der Waals surface area contributed by atoms with Crippen molar-refractivity contribution in [1.29, 1.82) is 0 Å². The monoisotopic (exact) mass is 518 g/mol. The van der Waals surface area contributed by atoms with Crippen molar-refractivity contribution in [2.24, 2.45) is 0 Å². The molecule has 1 aromatic carbocycles. The molecule has 10 heteroatoms. The molecule has 1 aromatic heterocycles. The summed E-state index contributed by atoms with van der Waals surface area (Å²) in [6.07, 6.45) is 1.71. The molecule has 1 saturated heterocycles. The zero-order chi connectivity index (χ0) is 26.6. The number of pyridine rings is 1. The van der Waals surface area contributed by atoms with Gasteiger partial charge in [0.15, 0.2) is 0 Å². The predicted octanol–water partition coefficient (Wildman–Crippen LogP) is 3.81. The fraction of sp³-hybridized carbons (Fsp3) is 0.519. The zero-order valence-electron chi connectivity index (χ0n) is 21.1. The third-order valence-electron chi connectivity index (χ3n) is 7.43. The highest BCUT2D eigenvalue weighted by molar-refractivity contribution is 5.96. The highest BCUT2D eigenvalue weighted by Gasteiger charge is 2.39. The van der Waals surface area contributed by atoms with Crippen molar-refractivity contribution in [3.63, 3.8) is 0 Å². The second-order valence-electron chi connectivity index (χ2n) is 9.95. The largest absolute Gasteiger partial charge is 0.416 e. The maximum Gasteiger partial charge on any atom is 0.416 e. The van der Waals surface area contributed by atoms with Crippen LogP contribution in [0.4, 0.5) is 13.2 Å². The lowest BCUT2D eigenvalue weighted by molar-refractivity contribution is -0.137. The van der Waals surface area contributed by atoms with Crippen LogP contribution in [-0.4, -0.2) is 60.5 Å². The van der Waals surface area contributed by atoms with Crippen molar-refractivity contribution in [3.8, 4) is 0 Å². The minimum Gasteiger partial charge on any atom is -0.372 e. The number of aryl methyl sites for hydroxylation is 1. The maximum absolute atomic E-state index is 12.9. The molecule has 2 aliphatic rings. The molecule has 7 nitrogen and oxygen atoms in total. The lowest BCUT2D eigenvalue weighted by Gasteiger charge is -2.39. The number of hydrogen-bond acceptors (Lipinski definition) is 5. The third kappa shape index (κ3) is 6.48. The van der Waals surface area contributed by atoms with Crippen LogP contribution in [0.5, 0.6) is 0 Å². The summed E-state index contributed by atoms with van der Waals surface area (Å²) in [5.74, 6) is -0.961. The summed E-state index contributed by atoms with van der Waals surface area (Å²) in [6, 6.07) is 8.72. The number of likely N-dealkylation sites (tertiary alicyclic amines) is 1. The number of nitrogens with one attached hydrogen (secondary N) is 2. The highest BCUT2D eigenvalue weighted by atomic mass is 19.4. The standard InChI is InChI=1S/C27H33F3N4O3/c1-18-6-7-23(31-15-18)26(37-2)11-8-21(9-12-26)33-22-10-13-34(17-22)24(35)16-32-25(36)19-4-3-5-20(14-19)27(28,29)30/h3-7,14-15,21-22,33H,8-13,16-17H2,1-2H3,(H,32,36). The van der Waals surface area contributed by atoms with E-state index in [4.69, 9.17) is 4.74 Å². The molecule has 2 N–H and O–H groups in total. The van der Waals surface area contributed by atoms with E-state index in [9.17, 15) is 22.8 Å². The Morgan fingerprint density at radius 1 is 1.14 bits per heavy atom. The first-order chi connectivity index (χ1) is 17.6. The quantitative estimate of drug-likeness (QED) is 0.583. The fourth-order valence-corrected chi connectivity index (χ4v) is 5.22. The molecule has 2 fully saturated rings. The van der Waals surface area contributed by atoms with Gasteiger partial charge in [-0.2, -0.15) is 13.2 Å². The van der Waals surface area contributed by atoms with Crippen LogP contribution in [0.25, 0.3) is 0 Å². The second-order valence-corrected chi connectivity index (χ2v) is 9.95. The number of aromatic nitrogens is 1. The minimum atomic E-state index is -4.54. The van der Waals surface area contributed by atoms with E-state index >= 15 is 0 Å². The van der Waals surface area contributed by atoms with Crippen LogP contribution < -0.4 is 10.6 Å². The van der Waals surface area contributed by atoms with Gasteiger partial charge in [-0.25, -0.2) is 0 Å². The van der Waals surface area contributed by atoms with E-state index in [1.165, 1.54) is 12.1 Å². The van der Waals surface area contributed by atoms with Gasteiger partial charge in [-0.15, -0.1) is 0 Å². The first kappa shape index (κ1) is 27.1. The first-order valence-corrected chi connectivity index (χ1v) is 12.6. The van der Waals surface area contributed by atoms with Gasteiger partial charge in [0.2, 0.25) is 5.91 Å². The normalized spacial score (nSPS) is 24.2. The van der Waals surface area contributed by atoms with Crippen LogP contribution in [0.1, 0.15) is 59.3 Å². The van der Waals surface area contributed by atoms with Gasteiger partial charge in [0.1, 0.15) is 5.60 Å². The molecule has 2 heterocycles. The summed E-state index contributed by atoms with van der Waals surface area (Å²) in [6.45, 7) is 2.85. The molecule has 37 heavy (non-hydrogen) atoms. The average molecular weight is 519 g/mol. The van der Waals surface area contributed by atoms with Gasteiger partial charge in [-0.3, -0.25) is 14.6 Å². The molecule has 4 rings (SSSR count). The summed E-state index contributed by atoms with van der Waals surface area (Å²) in [5.41, 5.74) is 0.667. The van der Waals surface area contributed by atoms with Crippen molar-refractivity contribution in [2.75, 3.05) is 26.7 Å². The van der Waals surface area contributed by atoms with Gasteiger partial charge in [0, 0.05) is 44.0 Å². The molecule has 1 unspecified atom stereocenters. The number of halogens is 3. The Hall–Kier alpha value is -2.98. The molecule has 1 aliphatic heterocycles. The van der Waals surface area contributed by atoms with E-state index in [0.717, 1.165) is 55.5 Å². The minimum absolute atomic E-state index is 0.131. The molecule has 0 bridgehead atoms. The highest BCUT2D eigenvalue weighted by Crippen LogP contribution is 2.39. The third-order valence-corrected chi connectivity index (χ3v) is 7.43. The summed E-state index contributed by atoms with van der Waals surface area (Å²) in [4.78, 5) is 31.2. The number of carbonyl (C=O) groups is 2. The number of benzene rings is 1. The maximum atomic E-state index is 12.9. The van der Waals surface area contributed by atoms with Gasteiger partial charge < -0.3 is 20.3 Å². The van der Waals surface area contributed by atoms with E-state index < -0.39 is 17.6 Å². The van der Waals surface area contributed by atoms with Crippen LogP contribution in [0, 0.1) is 6.92 Å². The average Bonchev–Trinajstić information content (AvgIpc) is 3.36. The molecule has 2 aromatic rings. The van der Waals surface area contributed by atoms with Crippen LogP contribution in [0.15, 0.2) is 42.6 Å². The molecule has 0 spiro atoms. The second kappa shape index (κ2) is 11.2. The molecule has 200 valence electrons. The van der Waals surface area contributed by atoms with Crippen LogP contribution >= 0.6 is 0 Å². The van der Waals surface area contributed by atoms with Crippen molar-refractivity contribution < 1.29 is 27.5 Å². The number of ether oxygens (including phenoxy) is 1. The van der Waals surface area contributed by atoms with Gasteiger partial charge in [-0.1, -0.05) is 12.1 Å². The lowest BCUT2D eigenvalue weighted by Crippen LogP contribution is -2.46. The van der Waals surface area contributed by atoms with E-state index in [1.54, 1.807) is 12.0 Å². The van der Waals surface area contributed by atoms with Crippen molar-refractivity contribution >= 4 is 11.8 Å². The SMILES string of the molecule is COC1(c2ccc(C)cn2)CCC(NC2CCN(C(=O)CNC(=O)c3cccc(C(F)(F)F)c3)C2)CC1. The molecular weight excluding hydrogens is 485 g/mol. The zero-order valence-corrected chi connectivity index (χ0v) is 21.1. The van der Waals surface area contributed by atoms with E-state index in [2.05, 4.69) is 21.7 Å². The van der Waals surface area contributed by atoms with Crippen LogP contribution in [0.2, 0.25) is 0 Å². The number of alkyl halides is 3. The number of methoxy groups -OCH3 is 1. The molecule has 1 aliphatic carbocycles. The van der Waals surface area contributed by atoms with E-state index in [1.807, 2.05) is 19.2 Å². The number of rotatable bonds is 7. The van der Waals surface area contributed by atoms with Gasteiger partial charge in [0.05, 0.1) is 17.8 Å². The Balaban J connectivity index is 1.23. The van der Waals surface area contributed by atoms with Crippen molar-refractivity contribution in [2.45, 2.75) is 62.9 Å². The number of carbonyl (C=O) groups excluding carboxylic acids is 2. The smallest absolute Gasteiger partial charge is 0.372 e. The Morgan fingerprint density at radius 2 is 1.89 bits per heavy atom. The van der Waals surface area contributed by atoms with E-state index in [0.29, 0.717) is 19.1 Å². The molecular formula is C27H33F3N4O3. The van der Waals surface area contributed by atoms with Crippen molar-refractivity contribution in [1.82, 2.24) is 20.5 Å². The van der Waals surface area contributed by atoms with Gasteiger partial charge >= 0.3 is 6.18 Å². The lowest BCUT2D eigenvalue weighted by atomic mass is 9.79. The fourth-order valence-electron chi connectivity index (χ4n) is 5.22. The van der Waals surface area contributed by atoms with Crippen molar-refractivity contribution in [3.05, 3.63) is 65.0 Å². The summed E-state index contributed by atoms with van der Waals surface area (Å²) in [7, 11) is 1.74. The van der Waals surface area contributed by atoms with Gasteiger partial charge in [0.25, 0.3) is 5.91 Å². The Morgan fingerprint density at radius 3 is 2.54 bits per heavy atom. The molecule has 1 saturated carbocycles. The number of hydrogen-bond donors (Lipinski definition) is 2. The summed E-state index contributed by atoms with van der Waals surface area (Å²) in [5, 5.41) is 6.12. The van der Waals surface area contributed by atoms with Crippen LogP contribution in [0.3, 0.4) is 0 Å². The molecule has 2 amide bonds.